The largest absolute Gasteiger partial charge is 0.271 e. The van der Waals surface area contributed by atoms with E-state index in [1.54, 1.807) is 17.4 Å². The fraction of sp³-hybridized carbons (Fsp3) is 0.125. The summed E-state index contributed by atoms with van der Waals surface area (Å²) in [4.78, 5) is 1.14. The minimum absolute atomic E-state index is 0.0506. The standard InChI is InChI=1S/C16H14ClFN2S/c17-13-9-12(18)6-5-10(13)7-14(20-19)16-8-11-3-1-2-4-15(11)21-16/h1-6,8-9,14,20H,7,19H2. The highest BCUT2D eigenvalue weighted by atomic mass is 35.5. The molecule has 1 aromatic heterocycles. The Morgan fingerprint density at radius 2 is 2.00 bits per heavy atom. The highest BCUT2D eigenvalue weighted by Crippen LogP contribution is 2.32. The highest BCUT2D eigenvalue weighted by molar-refractivity contribution is 7.19. The second-order valence-electron chi connectivity index (χ2n) is 4.85. The summed E-state index contributed by atoms with van der Waals surface area (Å²) in [7, 11) is 0. The van der Waals surface area contributed by atoms with Gasteiger partial charge in [0, 0.05) is 14.6 Å². The first-order valence-electron chi connectivity index (χ1n) is 6.56. The molecule has 0 aliphatic rings. The Morgan fingerprint density at radius 1 is 1.19 bits per heavy atom. The summed E-state index contributed by atoms with van der Waals surface area (Å²) in [6.07, 6.45) is 0.614. The van der Waals surface area contributed by atoms with Gasteiger partial charge in [0.2, 0.25) is 0 Å². The molecule has 3 rings (SSSR count). The molecule has 0 radical (unpaired) electrons. The van der Waals surface area contributed by atoms with Crippen LogP contribution in [0.25, 0.3) is 10.1 Å². The van der Waals surface area contributed by atoms with Crippen molar-refractivity contribution in [3.63, 3.8) is 0 Å². The molecule has 5 heteroatoms. The van der Waals surface area contributed by atoms with E-state index in [9.17, 15) is 4.39 Å². The van der Waals surface area contributed by atoms with Crippen LogP contribution < -0.4 is 11.3 Å². The second kappa shape index (κ2) is 6.12. The van der Waals surface area contributed by atoms with E-state index in [1.165, 1.54) is 22.2 Å². The molecule has 0 aliphatic carbocycles. The van der Waals surface area contributed by atoms with Gasteiger partial charge in [-0.05, 0) is 41.6 Å². The molecule has 2 aromatic carbocycles. The minimum atomic E-state index is -0.331. The molecule has 0 fully saturated rings. The lowest BCUT2D eigenvalue weighted by molar-refractivity contribution is 0.559. The van der Waals surface area contributed by atoms with Crippen molar-refractivity contribution in [2.24, 2.45) is 5.84 Å². The van der Waals surface area contributed by atoms with Crippen LogP contribution in [-0.2, 0) is 6.42 Å². The zero-order chi connectivity index (χ0) is 14.8. The van der Waals surface area contributed by atoms with Crippen molar-refractivity contribution in [3.05, 3.63) is 69.8 Å². The number of rotatable bonds is 4. The quantitative estimate of drug-likeness (QED) is 0.551. The summed E-state index contributed by atoms with van der Waals surface area (Å²) < 4.78 is 14.3. The summed E-state index contributed by atoms with van der Waals surface area (Å²) in [6.45, 7) is 0. The molecule has 0 spiro atoms. The molecule has 0 saturated carbocycles. The summed E-state index contributed by atoms with van der Waals surface area (Å²) in [5.74, 6) is 5.36. The van der Waals surface area contributed by atoms with Gasteiger partial charge >= 0.3 is 0 Å². The lowest BCUT2D eigenvalue weighted by Gasteiger charge is -2.15. The maximum atomic E-state index is 13.1. The van der Waals surface area contributed by atoms with E-state index >= 15 is 0 Å². The third-order valence-electron chi connectivity index (χ3n) is 3.43. The van der Waals surface area contributed by atoms with Crippen LogP contribution in [0.4, 0.5) is 4.39 Å². The SMILES string of the molecule is NNC(Cc1ccc(F)cc1Cl)c1cc2ccccc2s1. The van der Waals surface area contributed by atoms with Crippen molar-refractivity contribution >= 4 is 33.0 Å². The predicted molar refractivity (Wildman–Crippen MR) is 87.0 cm³/mol. The van der Waals surface area contributed by atoms with Crippen LogP contribution in [0, 0.1) is 5.82 Å². The summed E-state index contributed by atoms with van der Waals surface area (Å²) >= 11 is 7.79. The van der Waals surface area contributed by atoms with Crippen LogP contribution in [0.3, 0.4) is 0 Å². The Bertz CT molecular complexity index is 739. The number of nitrogens with two attached hydrogens (primary N) is 1. The highest BCUT2D eigenvalue weighted by Gasteiger charge is 2.15. The first-order valence-corrected chi connectivity index (χ1v) is 7.75. The maximum absolute atomic E-state index is 13.1. The molecule has 1 atom stereocenters. The van der Waals surface area contributed by atoms with E-state index in [0.29, 0.717) is 11.4 Å². The van der Waals surface area contributed by atoms with Crippen molar-refractivity contribution in [2.75, 3.05) is 0 Å². The fourth-order valence-electron chi connectivity index (χ4n) is 2.32. The number of benzene rings is 2. The first kappa shape index (κ1) is 14.5. The second-order valence-corrected chi connectivity index (χ2v) is 6.37. The predicted octanol–water partition coefficient (Wildman–Crippen LogP) is 4.44. The van der Waals surface area contributed by atoms with Crippen LogP contribution in [0.2, 0.25) is 5.02 Å². The average molecular weight is 321 g/mol. The molecule has 0 aliphatic heterocycles. The molecule has 0 saturated heterocycles. The molecule has 1 heterocycles. The normalized spacial score (nSPS) is 12.7. The van der Waals surface area contributed by atoms with Gasteiger partial charge in [0.1, 0.15) is 5.82 Å². The van der Waals surface area contributed by atoms with Gasteiger partial charge in [0.15, 0.2) is 0 Å². The Kier molecular flexibility index (Phi) is 4.22. The van der Waals surface area contributed by atoms with Crippen LogP contribution >= 0.6 is 22.9 Å². The average Bonchev–Trinajstić information content (AvgIpc) is 2.90. The summed E-state index contributed by atoms with van der Waals surface area (Å²) in [5.41, 5.74) is 3.70. The van der Waals surface area contributed by atoms with Crippen molar-refractivity contribution in [1.29, 1.82) is 0 Å². The number of halogens is 2. The monoisotopic (exact) mass is 320 g/mol. The zero-order valence-corrected chi connectivity index (χ0v) is 12.7. The number of nitrogens with one attached hydrogen (secondary N) is 1. The topological polar surface area (TPSA) is 38.0 Å². The molecular formula is C16H14ClFN2S. The number of hydrazine groups is 1. The van der Waals surface area contributed by atoms with Crippen molar-refractivity contribution < 1.29 is 4.39 Å². The van der Waals surface area contributed by atoms with Gasteiger partial charge in [0.25, 0.3) is 0 Å². The maximum Gasteiger partial charge on any atom is 0.124 e. The molecule has 1 unspecified atom stereocenters. The van der Waals surface area contributed by atoms with Crippen molar-refractivity contribution in [2.45, 2.75) is 12.5 Å². The van der Waals surface area contributed by atoms with Gasteiger partial charge in [0.05, 0.1) is 6.04 Å². The lowest BCUT2D eigenvalue weighted by Crippen LogP contribution is -2.29. The van der Waals surface area contributed by atoms with Crippen LogP contribution in [0.15, 0.2) is 48.5 Å². The lowest BCUT2D eigenvalue weighted by atomic mass is 10.0. The minimum Gasteiger partial charge on any atom is -0.271 e. The van der Waals surface area contributed by atoms with Crippen LogP contribution in [0.1, 0.15) is 16.5 Å². The van der Waals surface area contributed by atoms with Gasteiger partial charge in [-0.1, -0.05) is 35.9 Å². The van der Waals surface area contributed by atoms with Gasteiger partial charge in [-0.3, -0.25) is 11.3 Å². The fourth-order valence-corrected chi connectivity index (χ4v) is 3.69. The third kappa shape index (κ3) is 3.09. The van der Waals surface area contributed by atoms with Crippen molar-refractivity contribution in [3.8, 4) is 0 Å². The van der Waals surface area contributed by atoms with E-state index in [2.05, 4.69) is 23.6 Å². The Hall–Kier alpha value is -1.46. The van der Waals surface area contributed by atoms with E-state index in [1.807, 2.05) is 12.1 Å². The molecule has 0 amide bonds. The van der Waals surface area contributed by atoms with Gasteiger partial charge in [-0.2, -0.15) is 0 Å². The number of hydrogen-bond acceptors (Lipinski definition) is 3. The van der Waals surface area contributed by atoms with E-state index in [0.717, 1.165) is 10.4 Å². The molecule has 3 aromatic rings. The van der Waals surface area contributed by atoms with Gasteiger partial charge in [-0.25, -0.2) is 4.39 Å². The molecule has 2 nitrogen and oxygen atoms in total. The molecule has 21 heavy (non-hydrogen) atoms. The smallest absolute Gasteiger partial charge is 0.124 e. The van der Waals surface area contributed by atoms with Gasteiger partial charge in [-0.15, -0.1) is 11.3 Å². The molecule has 0 bridgehead atoms. The number of thiophene rings is 1. The summed E-state index contributed by atoms with van der Waals surface area (Å²) in [6, 6.07) is 14.7. The van der Waals surface area contributed by atoms with Crippen LogP contribution in [0.5, 0.6) is 0 Å². The Morgan fingerprint density at radius 3 is 2.71 bits per heavy atom. The van der Waals surface area contributed by atoms with Crippen LogP contribution in [-0.4, -0.2) is 0 Å². The first-order chi connectivity index (χ1) is 10.2. The molecule has 108 valence electrons. The zero-order valence-electron chi connectivity index (χ0n) is 11.1. The summed E-state index contributed by atoms with van der Waals surface area (Å²) in [5, 5.41) is 1.62. The van der Waals surface area contributed by atoms with E-state index in [-0.39, 0.29) is 11.9 Å². The molecule has 3 N–H and O–H groups in total. The number of fused-ring (bicyclic) bond motifs is 1. The Labute approximate surface area is 131 Å². The van der Waals surface area contributed by atoms with E-state index < -0.39 is 0 Å². The van der Waals surface area contributed by atoms with Crippen molar-refractivity contribution in [1.82, 2.24) is 5.43 Å². The van der Waals surface area contributed by atoms with Gasteiger partial charge < -0.3 is 0 Å². The van der Waals surface area contributed by atoms with E-state index in [4.69, 9.17) is 17.4 Å². The molecular weight excluding hydrogens is 307 g/mol. The third-order valence-corrected chi connectivity index (χ3v) is 5.01. The number of hydrogen-bond donors (Lipinski definition) is 2. The Balaban J connectivity index is 1.90.